The minimum absolute atomic E-state index is 0.593. The maximum absolute atomic E-state index is 6.10. The molecule has 4 heteroatoms. The molecule has 1 aromatic rings. The smallest absolute Gasteiger partial charge is 0.246 e. The molecule has 0 atom stereocenters. The largest absolute Gasteiger partial charge is 0.449 e. The molecule has 0 spiro atoms. The number of benzene rings is 1. The van der Waals surface area contributed by atoms with Gasteiger partial charge in [0, 0.05) is 31.5 Å². The first kappa shape index (κ1) is 10.6. The molecule has 0 unspecified atom stereocenters. The van der Waals surface area contributed by atoms with Crippen molar-refractivity contribution < 1.29 is 9.47 Å². The molecule has 1 aromatic carbocycles. The van der Waals surface area contributed by atoms with E-state index in [1.807, 2.05) is 27.0 Å². The van der Waals surface area contributed by atoms with Crippen molar-refractivity contribution in [3.05, 3.63) is 22.7 Å². The topological polar surface area (TPSA) is 30.5 Å². The fourth-order valence-electron chi connectivity index (χ4n) is 1.61. The van der Waals surface area contributed by atoms with Gasteiger partial charge in [0.25, 0.3) is 0 Å². The van der Waals surface area contributed by atoms with Crippen LogP contribution >= 0.6 is 11.6 Å². The van der Waals surface area contributed by atoms with Gasteiger partial charge in [-0.05, 0) is 18.7 Å². The van der Waals surface area contributed by atoms with Gasteiger partial charge in [0.2, 0.25) is 5.79 Å². The zero-order valence-electron chi connectivity index (χ0n) is 9.06. The second kappa shape index (κ2) is 3.58. The Kier molecular flexibility index (Phi) is 2.52. The molecule has 0 amide bonds. The highest BCUT2D eigenvalue weighted by Gasteiger charge is 2.32. The van der Waals surface area contributed by atoms with E-state index in [4.69, 9.17) is 21.1 Å². The predicted octanol–water partition coefficient (Wildman–Crippen LogP) is 2.57. The monoisotopic (exact) mass is 227 g/mol. The highest BCUT2D eigenvalue weighted by Crippen LogP contribution is 2.42. The zero-order valence-corrected chi connectivity index (χ0v) is 9.81. The fraction of sp³-hybridized carbons (Fsp3) is 0.455. The van der Waals surface area contributed by atoms with Gasteiger partial charge in [0.15, 0.2) is 11.5 Å². The normalized spacial score (nSPS) is 16.8. The summed E-state index contributed by atoms with van der Waals surface area (Å²) >= 11 is 6.10. The molecule has 82 valence electrons. The van der Waals surface area contributed by atoms with Gasteiger partial charge in [-0.25, -0.2) is 0 Å². The Labute approximate surface area is 94.3 Å². The molecule has 2 rings (SSSR count). The van der Waals surface area contributed by atoms with Gasteiger partial charge >= 0.3 is 0 Å². The summed E-state index contributed by atoms with van der Waals surface area (Å²) in [5.41, 5.74) is 1.01. The highest BCUT2D eigenvalue weighted by molar-refractivity contribution is 6.31. The van der Waals surface area contributed by atoms with Crippen molar-refractivity contribution >= 4 is 11.6 Å². The third-order valence-electron chi connectivity index (χ3n) is 2.19. The fourth-order valence-corrected chi connectivity index (χ4v) is 1.83. The lowest BCUT2D eigenvalue weighted by molar-refractivity contribution is -0.0431. The summed E-state index contributed by atoms with van der Waals surface area (Å²) in [6, 6.07) is 3.72. The standard InChI is InChI=1S/C11H14ClNO2/c1-11(2)14-9-4-7(6-13-3)8(12)5-10(9)15-11/h4-5,13H,6H2,1-3H3. The maximum Gasteiger partial charge on any atom is 0.246 e. The van der Waals surface area contributed by atoms with Crippen LogP contribution in [0.25, 0.3) is 0 Å². The molecule has 0 fully saturated rings. The summed E-state index contributed by atoms with van der Waals surface area (Å²) in [5, 5.41) is 3.75. The number of halogens is 1. The molecule has 0 aromatic heterocycles. The van der Waals surface area contributed by atoms with Crippen LogP contribution in [0.15, 0.2) is 12.1 Å². The molecule has 1 heterocycles. The number of ether oxygens (including phenoxy) is 2. The number of hydrogen-bond acceptors (Lipinski definition) is 3. The van der Waals surface area contributed by atoms with Gasteiger partial charge in [-0.2, -0.15) is 0 Å². The number of nitrogens with one attached hydrogen (secondary N) is 1. The van der Waals surface area contributed by atoms with Crippen LogP contribution in [0.1, 0.15) is 19.4 Å². The number of fused-ring (bicyclic) bond motifs is 1. The Balaban J connectivity index is 2.36. The Bertz CT molecular complexity index is 390. The summed E-state index contributed by atoms with van der Waals surface area (Å²) < 4.78 is 11.2. The average molecular weight is 228 g/mol. The van der Waals surface area contributed by atoms with Crippen molar-refractivity contribution in [1.82, 2.24) is 5.32 Å². The minimum atomic E-state index is -0.593. The van der Waals surface area contributed by atoms with Crippen molar-refractivity contribution in [1.29, 1.82) is 0 Å². The van der Waals surface area contributed by atoms with Crippen LogP contribution in [0.5, 0.6) is 11.5 Å². The van der Waals surface area contributed by atoms with Gasteiger partial charge in [-0.15, -0.1) is 0 Å². The van der Waals surface area contributed by atoms with E-state index in [1.165, 1.54) is 0 Å². The van der Waals surface area contributed by atoms with Crippen LogP contribution < -0.4 is 14.8 Å². The van der Waals surface area contributed by atoms with Gasteiger partial charge in [0.1, 0.15) is 0 Å². The lowest BCUT2D eigenvalue weighted by Crippen LogP contribution is -2.29. The second-order valence-electron chi connectivity index (χ2n) is 4.02. The quantitative estimate of drug-likeness (QED) is 0.843. The van der Waals surface area contributed by atoms with Crippen molar-refractivity contribution in [2.45, 2.75) is 26.2 Å². The minimum Gasteiger partial charge on any atom is -0.449 e. The van der Waals surface area contributed by atoms with E-state index in [1.54, 1.807) is 6.07 Å². The third-order valence-corrected chi connectivity index (χ3v) is 2.54. The van der Waals surface area contributed by atoms with Crippen LogP contribution in [0.2, 0.25) is 5.02 Å². The Morgan fingerprint density at radius 3 is 2.47 bits per heavy atom. The van der Waals surface area contributed by atoms with Crippen LogP contribution in [0, 0.1) is 0 Å². The van der Waals surface area contributed by atoms with E-state index in [2.05, 4.69) is 5.32 Å². The average Bonchev–Trinajstić information content (AvgIpc) is 2.39. The van der Waals surface area contributed by atoms with Gasteiger partial charge in [-0.1, -0.05) is 11.6 Å². The van der Waals surface area contributed by atoms with Crippen molar-refractivity contribution in [3.8, 4) is 11.5 Å². The predicted molar refractivity (Wildman–Crippen MR) is 59.6 cm³/mol. The van der Waals surface area contributed by atoms with E-state index in [-0.39, 0.29) is 0 Å². The summed E-state index contributed by atoms with van der Waals surface area (Å²) in [6.45, 7) is 4.47. The second-order valence-corrected chi connectivity index (χ2v) is 4.43. The van der Waals surface area contributed by atoms with Crippen molar-refractivity contribution in [2.24, 2.45) is 0 Å². The molecule has 1 N–H and O–H groups in total. The number of hydrogen-bond donors (Lipinski definition) is 1. The maximum atomic E-state index is 6.10. The number of rotatable bonds is 2. The zero-order chi connectivity index (χ0) is 11.1. The van der Waals surface area contributed by atoms with E-state index >= 15 is 0 Å². The molecule has 0 radical (unpaired) electrons. The third kappa shape index (κ3) is 2.03. The molecule has 3 nitrogen and oxygen atoms in total. The van der Waals surface area contributed by atoms with Gasteiger partial charge in [-0.3, -0.25) is 0 Å². The SMILES string of the molecule is CNCc1cc2c(cc1Cl)OC(C)(C)O2. The molecule has 0 bridgehead atoms. The molecular weight excluding hydrogens is 214 g/mol. The molecule has 0 saturated heterocycles. The van der Waals surface area contributed by atoms with Crippen LogP contribution in [-0.4, -0.2) is 12.8 Å². The molecule has 1 aliphatic heterocycles. The van der Waals surface area contributed by atoms with Crippen molar-refractivity contribution in [3.63, 3.8) is 0 Å². The van der Waals surface area contributed by atoms with E-state index < -0.39 is 5.79 Å². The summed E-state index contributed by atoms with van der Waals surface area (Å²) in [5.74, 6) is 0.878. The van der Waals surface area contributed by atoms with E-state index in [9.17, 15) is 0 Å². The summed E-state index contributed by atoms with van der Waals surface area (Å²) in [7, 11) is 1.88. The molecule has 15 heavy (non-hydrogen) atoms. The molecular formula is C11H14ClNO2. The molecule has 0 aliphatic carbocycles. The van der Waals surface area contributed by atoms with Gasteiger partial charge in [0.05, 0.1) is 0 Å². The Morgan fingerprint density at radius 1 is 1.27 bits per heavy atom. The summed E-state index contributed by atoms with van der Waals surface area (Å²) in [4.78, 5) is 0. The highest BCUT2D eigenvalue weighted by atomic mass is 35.5. The Morgan fingerprint density at radius 2 is 1.87 bits per heavy atom. The molecule has 0 saturated carbocycles. The van der Waals surface area contributed by atoms with Crippen LogP contribution in [-0.2, 0) is 6.54 Å². The first-order chi connectivity index (χ1) is 7.02. The molecule has 1 aliphatic rings. The summed E-state index contributed by atoms with van der Waals surface area (Å²) in [6.07, 6.45) is 0. The Hall–Kier alpha value is -0.930. The first-order valence-electron chi connectivity index (χ1n) is 4.87. The lowest BCUT2D eigenvalue weighted by Gasteiger charge is -2.16. The van der Waals surface area contributed by atoms with Crippen molar-refractivity contribution in [2.75, 3.05) is 7.05 Å². The van der Waals surface area contributed by atoms with Crippen LogP contribution in [0.4, 0.5) is 0 Å². The lowest BCUT2D eigenvalue weighted by atomic mass is 10.2. The van der Waals surface area contributed by atoms with E-state index in [0.29, 0.717) is 10.8 Å². The van der Waals surface area contributed by atoms with Crippen LogP contribution in [0.3, 0.4) is 0 Å². The first-order valence-corrected chi connectivity index (χ1v) is 5.25. The van der Waals surface area contributed by atoms with E-state index in [0.717, 1.165) is 17.9 Å². The van der Waals surface area contributed by atoms with Gasteiger partial charge < -0.3 is 14.8 Å².